The van der Waals surface area contributed by atoms with Crippen molar-refractivity contribution in [3.05, 3.63) is 54.1 Å². The Kier molecular flexibility index (Phi) is 8.54. The van der Waals surface area contributed by atoms with E-state index in [0.717, 1.165) is 27.6 Å². The van der Waals surface area contributed by atoms with E-state index in [-0.39, 0.29) is 24.9 Å². The molecule has 1 unspecified atom stereocenters. The van der Waals surface area contributed by atoms with E-state index in [4.69, 9.17) is 0 Å². The molecule has 0 fully saturated rings. The van der Waals surface area contributed by atoms with Crippen LogP contribution in [-0.2, 0) is 9.59 Å². The number of carbonyl (C=O) groups is 2. The summed E-state index contributed by atoms with van der Waals surface area (Å²) in [5.41, 5.74) is 2.85. The Labute approximate surface area is 171 Å². The number of carbonyl (C=O) groups excluding carboxylic acids is 2. The Hall–Kier alpha value is -2.31. The van der Waals surface area contributed by atoms with Crippen LogP contribution >= 0.6 is 11.8 Å². The first-order valence-corrected chi connectivity index (χ1v) is 10.8. The summed E-state index contributed by atoms with van der Waals surface area (Å²) in [5, 5.41) is 5.83. The predicted molar refractivity (Wildman–Crippen MR) is 117 cm³/mol. The van der Waals surface area contributed by atoms with Gasteiger partial charge in [-0.2, -0.15) is 0 Å². The van der Waals surface area contributed by atoms with Gasteiger partial charge < -0.3 is 15.5 Å². The standard InChI is InChI=1S/C22H29N3O2S/c1-5-16(2)17-10-12-18(13-11-17)23-21(26)14-25(3)15-22(27)24-19-8-6-7-9-20(19)28-4/h6-13,16H,5,14-15H2,1-4H3,(H,23,26)(H,24,27)/p+1/t16-/m0/s1. The Balaban J connectivity index is 1.82. The first-order chi connectivity index (χ1) is 13.4. The number of para-hydroxylation sites is 1. The zero-order chi connectivity index (χ0) is 20.5. The maximum absolute atomic E-state index is 12.3. The van der Waals surface area contributed by atoms with Gasteiger partial charge in [-0.3, -0.25) is 9.59 Å². The average molecular weight is 401 g/mol. The summed E-state index contributed by atoms with van der Waals surface area (Å²) >= 11 is 1.59. The van der Waals surface area contributed by atoms with Crippen molar-refractivity contribution >= 4 is 35.0 Å². The fourth-order valence-electron chi connectivity index (χ4n) is 2.89. The van der Waals surface area contributed by atoms with E-state index >= 15 is 0 Å². The Morgan fingerprint density at radius 3 is 2.21 bits per heavy atom. The number of likely N-dealkylation sites (N-methyl/N-ethyl adjacent to an activating group) is 1. The molecule has 0 spiro atoms. The number of hydrogen-bond acceptors (Lipinski definition) is 3. The molecular formula is C22H30N3O2S+. The molecule has 0 saturated carbocycles. The third kappa shape index (κ3) is 6.69. The number of nitrogens with one attached hydrogen (secondary N) is 3. The molecule has 0 radical (unpaired) electrons. The zero-order valence-corrected chi connectivity index (χ0v) is 17.9. The van der Waals surface area contributed by atoms with Gasteiger partial charge in [0.05, 0.1) is 12.7 Å². The van der Waals surface area contributed by atoms with Crippen LogP contribution in [0.3, 0.4) is 0 Å². The van der Waals surface area contributed by atoms with E-state index in [1.165, 1.54) is 5.56 Å². The predicted octanol–water partition coefficient (Wildman–Crippen LogP) is 3.01. The van der Waals surface area contributed by atoms with Gasteiger partial charge in [0.25, 0.3) is 11.8 Å². The van der Waals surface area contributed by atoms with Gasteiger partial charge in [0.1, 0.15) is 0 Å². The molecule has 0 heterocycles. The van der Waals surface area contributed by atoms with E-state index in [2.05, 4.69) is 36.6 Å². The molecule has 2 rings (SSSR count). The van der Waals surface area contributed by atoms with Gasteiger partial charge in [0, 0.05) is 10.6 Å². The molecule has 0 bridgehead atoms. The van der Waals surface area contributed by atoms with Crippen molar-refractivity contribution in [2.75, 3.05) is 37.0 Å². The zero-order valence-electron chi connectivity index (χ0n) is 17.0. The van der Waals surface area contributed by atoms with Crippen molar-refractivity contribution in [1.82, 2.24) is 0 Å². The van der Waals surface area contributed by atoms with Crippen LogP contribution in [0.25, 0.3) is 0 Å². The molecule has 2 amide bonds. The first-order valence-electron chi connectivity index (χ1n) is 9.56. The fraction of sp³-hybridized carbons (Fsp3) is 0.364. The molecule has 2 atom stereocenters. The molecule has 28 heavy (non-hydrogen) atoms. The first kappa shape index (κ1) is 22.0. The summed E-state index contributed by atoms with van der Waals surface area (Å²) in [6.45, 7) is 4.80. The lowest BCUT2D eigenvalue weighted by atomic mass is 9.99. The summed E-state index contributed by atoms with van der Waals surface area (Å²) in [6.07, 6.45) is 3.06. The monoisotopic (exact) mass is 400 g/mol. The molecule has 0 aliphatic rings. The molecule has 6 heteroatoms. The van der Waals surface area contributed by atoms with Crippen LogP contribution in [0, 0.1) is 0 Å². The van der Waals surface area contributed by atoms with Crippen LogP contribution in [0.5, 0.6) is 0 Å². The maximum Gasteiger partial charge on any atom is 0.279 e. The van der Waals surface area contributed by atoms with Gasteiger partial charge in [-0.1, -0.05) is 38.1 Å². The van der Waals surface area contributed by atoms with Crippen LogP contribution in [0.2, 0.25) is 0 Å². The number of rotatable bonds is 9. The van der Waals surface area contributed by atoms with Gasteiger partial charge in [0.15, 0.2) is 13.1 Å². The Bertz CT molecular complexity index is 793. The summed E-state index contributed by atoms with van der Waals surface area (Å²) in [6, 6.07) is 15.7. The lowest BCUT2D eigenvalue weighted by Gasteiger charge is -2.15. The average Bonchev–Trinajstić information content (AvgIpc) is 2.68. The Morgan fingerprint density at radius 2 is 1.61 bits per heavy atom. The van der Waals surface area contributed by atoms with Gasteiger partial charge in [-0.25, -0.2) is 0 Å². The van der Waals surface area contributed by atoms with Gasteiger partial charge in [-0.15, -0.1) is 11.8 Å². The number of amides is 2. The highest BCUT2D eigenvalue weighted by molar-refractivity contribution is 7.98. The van der Waals surface area contributed by atoms with Crippen molar-refractivity contribution in [3.8, 4) is 0 Å². The van der Waals surface area contributed by atoms with E-state index in [0.29, 0.717) is 5.92 Å². The minimum atomic E-state index is -0.107. The Morgan fingerprint density at radius 1 is 1.00 bits per heavy atom. The van der Waals surface area contributed by atoms with Crippen LogP contribution in [0.4, 0.5) is 11.4 Å². The third-order valence-corrected chi connectivity index (χ3v) is 5.48. The molecule has 5 nitrogen and oxygen atoms in total. The van der Waals surface area contributed by atoms with Crippen molar-refractivity contribution in [2.45, 2.75) is 31.1 Å². The third-order valence-electron chi connectivity index (χ3n) is 4.68. The quantitative estimate of drug-likeness (QED) is 0.567. The molecule has 0 aliphatic carbocycles. The molecule has 150 valence electrons. The van der Waals surface area contributed by atoms with Crippen molar-refractivity contribution in [2.24, 2.45) is 0 Å². The second-order valence-electron chi connectivity index (χ2n) is 7.04. The van der Waals surface area contributed by atoms with E-state index < -0.39 is 0 Å². The largest absolute Gasteiger partial charge is 0.322 e. The smallest absolute Gasteiger partial charge is 0.279 e. The highest BCUT2D eigenvalue weighted by Gasteiger charge is 2.15. The normalized spacial score (nSPS) is 12.9. The second-order valence-corrected chi connectivity index (χ2v) is 7.89. The number of anilines is 2. The second kappa shape index (κ2) is 10.9. The number of hydrogen-bond donors (Lipinski definition) is 3. The summed E-state index contributed by atoms with van der Waals surface area (Å²) in [7, 11) is 1.84. The fourth-order valence-corrected chi connectivity index (χ4v) is 3.44. The van der Waals surface area contributed by atoms with Crippen LogP contribution in [0.15, 0.2) is 53.4 Å². The molecule has 0 saturated heterocycles. The lowest BCUT2D eigenvalue weighted by Crippen LogP contribution is -3.11. The van der Waals surface area contributed by atoms with Gasteiger partial charge in [0.2, 0.25) is 0 Å². The summed E-state index contributed by atoms with van der Waals surface area (Å²) in [5.74, 6) is 0.297. The van der Waals surface area contributed by atoms with Crippen molar-refractivity contribution in [3.63, 3.8) is 0 Å². The SMILES string of the molecule is CC[C@H](C)c1ccc(NC(=O)C[NH+](C)CC(=O)Nc2ccccc2SC)cc1. The van der Waals surface area contributed by atoms with Gasteiger partial charge in [-0.05, 0) is 48.4 Å². The van der Waals surface area contributed by atoms with E-state index in [1.54, 1.807) is 11.8 Å². The highest BCUT2D eigenvalue weighted by atomic mass is 32.2. The molecule has 0 aromatic heterocycles. The molecule has 3 N–H and O–H groups in total. The minimum Gasteiger partial charge on any atom is -0.322 e. The number of quaternary nitrogens is 1. The number of benzene rings is 2. The van der Waals surface area contributed by atoms with E-state index in [1.807, 2.05) is 49.7 Å². The number of thioether (sulfide) groups is 1. The highest BCUT2D eigenvalue weighted by Crippen LogP contribution is 2.24. The van der Waals surface area contributed by atoms with Gasteiger partial charge >= 0.3 is 0 Å². The van der Waals surface area contributed by atoms with Crippen molar-refractivity contribution < 1.29 is 14.5 Å². The van der Waals surface area contributed by atoms with Crippen LogP contribution < -0.4 is 15.5 Å². The topological polar surface area (TPSA) is 62.6 Å². The molecule has 2 aromatic rings. The molecular weight excluding hydrogens is 370 g/mol. The molecule has 2 aromatic carbocycles. The minimum absolute atomic E-state index is 0.105. The maximum atomic E-state index is 12.3. The van der Waals surface area contributed by atoms with E-state index in [9.17, 15) is 9.59 Å². The summed E-state index contributed by atoms with van der Waals surface area (Å²) < 4.78 is 0. The molecule has 0 aliphatic heterocycles. The van der Waals surface area contributed by atoms with Crippen molar-refractivity contribution in [1.29, 1.82) is 0 Å². The van der Waals surface area contributed by atoms with Crippen LogP contribution in [0.1, 0.15) is 31.7 Å². The summed E-state index contributed by atoms with van der Waals surface area (Å²) in [4.78, 5) is 26.4. The van der Waals surface area contributed by atoms with Crippen LogP contribution in [-0.4, -0.2) is 38.2 Å². The lowest BCUT2D eigenvalue weighted by molar-refractivity contribution is -0.862.